The molecule has 1 aliphatic rings. The Kier molecular flexibility index (Phi) is 3.91. The first-order valence-corrected chi connectivity index (χ1v) is 5.82. The van der Waals surface area contributed by atoms with Gasteiger partial charge in [-0.05, 0) is 25.8 Å². The SMILES string of the molecule is C=CCC1C(Br)C(=O)N1C(C(=O)O)=C(C)C. The van der Waals surface area contributed by atoms with Crippen LogP contribution in [0.5, 0.6) is 0 Å². The number of rotatable bonds is 4. The lowest BCUT2D eigenvalue weighted by Gasteiger charge is -2.44. The van der Waals surface area contributed by atoms with E-state index in [1.54, 1.807) is 19.9 Å². The minimum absolute atomic E-state index is 0.0764. The second-order valence-electron chi connectivity index (χ2n) is 3.86. The number of carboxylic acid groups (broad SMARTS) is 1. The molecule has 1 heterocycles. The molecule has 0 aromatic carbocycles. The summed E-state index contributed by atoms with van der Waals surface area (Å²) >= 11 is 3.25. The maximum absolute atomic E-state index is 11.6. The van der Waals surface area contributed by atoms with Crippen LogP contribution < -0.4 is 0 Å². The van der Waals surface area contributed by atoms with Crippen molar-refractivity contribution in [2.45, 2.75) is 31.1 Å². The lowest BCUT2D eigenvalue weighted by molar-refractivity contribution is -0.147. The Morgan fingerprint density at radius 1 is 1.62 bits per heavy atom. The quantitative estimate of drug-likeness (QED) is 0.372. The van der Waals surface area contributed by atoms with Gasteiger partial charge in [-0.2, -0.15) is 0 Å². The fourth-order valence-electron chi connectivity index (χ4n) is 1.74. The second-order valence-corrected chi connectivity index (χ2v) is 4.84. The number of carbonyl (C=O) groups excluding carboxylic acids is 1. The monoisotopic (exact) mass is 287 g/mol. The summed E-state index contributed by atoms with van der Waals surface area (Å²) in [6.07, 6.45) is 2.26. The average Bonchev–Trinajstić information content (AvgIpc) is 2.21. The molecule has 1 saturated heterocycles. The first-order valence-electron chi connectivity index (χ1n) is 4.90. The van der Waals surface area contributed by atoms with Gasteiger partial charge >= 0.3 is 5.97 Å². The molecule has 1 aliphatic heterocycles. The molecule has 0 spiro atoms. The topological polar surface area (TPSA) is 57.6 Å². The van der Waals surface area contributed by atoms with E-state index in [4.69, 9.17) is 5.11 Å². The van der Waals surface area contributed by atoms with E-state index in [0.29, 0.717) is 12.0 Å². The van der Waals surface area contributed by atoms with E-state index < -0.39 is 5.97 Å². The van der Waals surface area contributed by atoms with E-state index in [0.717, 1.165) is 0 Å². The van der Waals surface area contributed by atoms with Crippen molar-refractivity contribution in [1.29, 1.82) is 0 Å². The zero-order valence-corrected chi connectivity index (χ0v) is 10.8. The van der Waals surface area contributed by atoms with Gasteiger partial charge in [-0.3, -0.25) is 4.79 Å². The van der Waals surface area contributed by atoms with Crippen LogP contribution in [0.1, 0.15) is 20.3 Å². The lowest BCUT2D eigenvalue weighted by atomic mass is 9.96. The molecule has 0 aliphatic carbocycles. The molecule has 0 radical (unpaired) electrons. The summed E-state index contributed by atoms with van der Waals surface area (Å²) in [6, 6.07) is -0.147. The van der Waals surface area contributed by atoms with Gasteiger partial charge < -0.3 is 10.0 Å². The third-order valence-corrected chi connectivity index (χ3v) is 3.47. The minimum atomic E-state index is -1.07. The molecule has 0 bridgehead atoms. The maximum Gasteiger partial charge on any atom is 0.352 e. The first-order chi connectivity index (χ1) is 7.41. The van der Waals surface area contributed by atoms with Crippen molar-refractivity contribution in [3.63, 3.8) is 0 Å². The van der Waals surface area contributed by atoms with Crippen LogP contribution in [0.25, 0.3) is 0 Å². The molecule has 0 saturated carbocycles. The summed E-state index contributed by atoms with van der Waals surface area (Å²) in [7, 11) is 0. The van der Waals surface area contributed by atoms with Gasteiger partial charge in [-0.25, -0.2) is 4.79 Å². The highest BCUT2D eigenvalue weighted by molar-refractivity contribution is 9.10. The number of aliphatic carboxylic acids is 1. The second kappa shape index (κ2) is 4.82. The minimum Gasteiger partial charge on any atom is -0.477 e. The highest BCUT2D eigenvalue weighted by Crippen LogP contribution is 2.34. The first kappa shape index (κ1) is 13.0. The third kappa shape index (κ3) is 2.04. The van der Waals surface area contributed by atoms with Crippen molar-refractivity contribution >= 4 is 27.8 Å². The fourth-order valence-corrected chi connectivity index (χ4v) is 2.41. The lowest BCUT2D eigenvalue weighted by Crippen LogP contribution is -2.62. The Morgan fingerprint density at radius 2 is 2.19 bits per heavy atom. The number of nitrogens with zero attached hydrogens (tertiary/aromatic N) is 1. The summed E-state index contributed by atoms with van der Waals surface area (Å²) in [4.78, 5) is 23.8. The van der Waals surface area contributed by atoms with Crippen molar-refractivity contribution in [2.24, 2.45) is 0 Å². The molecule has 16 heavy (non-hydrogen) atoms. The zero-order valence-electron chi connectivity index (χ0n) is 9.24. The van der Waals surface area contributed by atoms with Gasteiger partial charge in [0.15, 0.2) is 0 Å². The van der Waals surface area contributed by atoms with Crippen molar-refractivity contribution in [1.82, 2.24) is 4.90 Å². The van der Waals surface area contributed by atoms with Crippen molar-refractivity contribution < 1.29 is 14.7 Å². The Bertz CT molecular complexity index is 371. The standard InChI is InChI=1S/C11H14BrNO3/c1-4-5-7-8(12)10(14)13(7)9(6(2)3)11(15)16/h4,7-8H,1,5H2,2-3H3,(H,15,16). The van der Waals surface area contributed by atoms with Crippen LogP contribution in [0.15, 0.2) is 23.9 Å². The largest absolute Gasteiger partial charge is 0.477 e. The Hall–Kier alpha value is -1.10. The molecule has 1 rings (SSSR count). The number of hydrogen-bond donors (Lipinski definition) is 1. The van der Waals surface area contributed by atoms with Gasteiger partial charge in [0, 0.05) is 0 Å². The molecule has 2 atom stereocenters. The van der Waals surface area contributed by atoms with Crippen LogP contribution in [0.3, 0.4) is 0 Å². The van der Waals surface area contributed by atoms with Crippen molar-refractivity contribution in [2.75, 3.05) is 0 Å². The number of allylic oxidation sites excluding steroid dienone is 1. The normalized spacial score (nSPS) is 23.7. The number of alkyl halides is 1. The molecule has 1 fully saturated rings. The van der Waals surface area contributed by atoms with Crippen molar-refractivity contribution in [3.8, 4) is 0 Å². The van der Waals surface area contributed by atoms with Gasteiger partial charge in [-0.15, -0.1) is 6.58 Å². The number of carbonyl (C=O) groups is 2. The Morgan fingerprint density at radius 3 is 2.56 bits per heavy atom. The van der Waals surface area contributed by atoms with Crippen LogP contribution >= 0.6 is 15.9 Å². The molecule has 5 heteroatoms. The predicted molar refractivity (Wildman–Crippen MR) is 64.2 cm³/mol. The van der Waals surface area contributed by atoms with Gasteiger partial charge in [0.25, 0.3) is 0 Å². The summed E-state index contributed by atoms with van der Waals surface area (Å²) in [5.74, 6) is -1.27. The number of amides is 1. The van der Waals surface area contributed by atoms with Gasteiger partial charge in [0.1, 0.15) is 10.5 Å². The summed E-state index contributed by atoms with van der Waals surface area (Å²) < 4.78 is 0. The molecular weight excluding hydrogens is 274 g/mol. The van der Waals surface area contributed by atoms with Crippen LogP contribution in [-0.2, 0) is 9.59 Å². The molecule has 88 valence electrons. The van der Waals surface area contributed by atoms with Crippen LogP contribution in [0, 0.1) is 0 Å². The molecule has 0 aromatic heterocycles. The van der Waals surface area contributed by atoms with Crippen LogP contribution in [-0.4, -0.2) is 32.8 Å². The van der Waals surface area contributed by atoms with Gasteiger partial charge in [0.2, 0.25) is 5.91 Å². The number of hydrogen-bond acceptors (Lipinski definition) is 2. The molecular formula is C11H14BrNO3. The summed E-state index contributed by atoms with van der Waals surface area (Å²) in [5.41, 5.74) is 0.696. The highest BCUT2D eigenvalue weighted by Gasteiger charge is 2.48. The van der Waals surface area contributed by atoms with Crippen LogP contribution in [0.2, 0.25) is 0 Å². The van der Waals surface area contributed by atoms with Gasteiger partial charge in [0.05, 0.1) is 6.04 Å². The number of β-lactam (4-membered cyclic amide) rings is 1. The third-order valence-electron chi connectivity index (χ3n) is 2.47. The molecule has 1 amide bonds. The maximum atomic E-state index is 11.6. The number of halogens is 1. The number of likely N-dealkylation sites (tertiary alicyclic amines) is 1. The number of carboxylic acids is 1. The summed E-state index contributed by atoms with van der Waals surface area (Å²) in [6.45, 7) is 6.97. The Labute approximate surface area is 103 Å². The van der Waals surface area contributed by atoms with Crippen molar-refractivity contribution in [3.05, 3.63) is 23.9 Å². The van der Waals surface area contributed by atoms with Crippen LogP contribution in [0.4, 0.5) is 0 Å². The average molecular weight is 288 g/mol. The van der Waals surface area contributed by atoms with E-state index in [9.17, 15) is 9.59 Å². The molecule has 0 aromatic rings. The highest BCUT2D eigenvalue weighted by atomic mass is 79.9. The Balaban J connectivity index is 3.02. The van der Waals surface area contributed by atoms with E-state index in [1.807, 2.05) is 0 Å². The van der Waals surface area contributed by atoms with Gasteiger partial charge in [-0.1, -0.05) is 22.0 Å². The summed E-state index contributed by atoms with van der Waals surface area (Å²) in [5, 5.41) is 9.08. The van der Waals surface area contributed by atoms with E-state index in [1.165, 1.54) is 4.90 Å². The molecule has 4 nitrogen and oxygen atoms in total. The smallest absolute Gasteiger partial charge is 0.352 e. The van der Waals surface area contributed by atoms with E-state index >= 15 is 0 Å². The fraction of sp³-hybridized carbons (Fsp3) is 0.455. The van der Waals surface area contributed by atoms with E-state index in [2.05, 4.69) is 22.5 Å². The predicted octanol–water partition coefficient (Wildman–Crippen LogP) is 1.92. The zero-order chi connectivity index (χ0) is 12.5. The molecule has 1 N–H and O–H groups in total. The van der Waals surface area contributed by atoms with E-state index in [-0.39, 0.29) is 22.5 Å². The molecule has 2 unspecified atom stereocenters.